The Bertz CT molecular complexity index is 905. The van der Waals surface area contributed by atoms with Crippen LogP contribution in [0.15, 0.2) is 18.2 Å². The maximum atomic E-state index is 14.4. The summed E-state index contributed by atoms with van der Waals surface area (Å²) >= 11 is 3.34. The fraction of sp³-hybridized carbons (Fsp3) is 0.429. The summed E-state index contributed by atoms with van der Waals surface area (Å²) in [6.45, 7) is 5.89. The number of thiophene rings is 1. The van der Waals surface area contributed by atoms with E-state index in [1.165, 1.54) is 24.3 Å². The van der Waals surface area contributed by atoms with Gasteiger partial charge in [0.15, 0.2) is 5.78 Å². The highest BCUT2D eigenvalue weighted by Crippen LogP contribution is 2.36. The number of nitrogens with one attached hydrogen (secondary N) is 1. The molecule has 0 aliphatic heterocycles. The monoisotopic (exact) mass is 515 g/mol. The third-order valence-corrected chi connectivity index (χ3v) is 6.67. The average molecular weight is 515 g/mol. The highest BCUT2D eigenvalue weighted by Gasteiger charge is 2.28. The lowest BCUT2D eigenvalue weighted by Gasteiger charge is -2.12. The summed E-state index contributed by atoms with van der Waals surface area (Å²) in [6.07, 6.45) is 2.50. The zero-order valence-corrected chi connectivity index (χ0v) is 19.1. The fourth-order valence-electron chi connectivity index (χ4n) is 3.08. The minimum Gasteiger partial charge on any atom is -0.294 e. The van der Waals surface area contributed by atoms with E-state index in [2.05, 4.69) is 28.1 Å². The molecule has 0 atom stereocenters. The Balaban J connectivity index is 1.97. The van der Waals surface area contributed by atoms with Crippen molar-refractivity contribution in [1.29, 1.82) is 0 Å². The Morgan fingerprint density at radius 2 is 2.07 bits per heavy atom. The number of halogens is 2. The lowest BCUT2D eigenvalue weighted by Crippen LogP contribution is -2.26. The molecule has 1 aliphatic carbocycles. The van der Waals surface area contributed by atoms with Crippen molar-refractivity contribution in [3.8, 4) is 0 Å². The second kappa shape index (κ2) is 9.00. The summed E-state index contributed by atoms with van der Waals surface area (Å²) in [4.78, 5) is 31.7. The first kappa shape index (κ1) is 21.4. The van der Waals surface area contributed by atoms with Crippen molar-refractivity contribution in [2.24, 2.45) is 5.92 Å². The molecular formula is C21H23FINO3S. The number of rotatable bonds is 8. The van der Waals surface area contributed by atoms with Crippen LogP contribution in [-0.2, 0) is 11.3 Å². The third-order valence-electron chi connectivity index (χ3n) is 4.69. The van der Waals surface area contributed by atoms with Gasteiger partial charge in [0.25, 0.3) is 5.91 Å². The number of hydroxylamine groups is 1. The van der Waals surface area contributed by atoms with Crippen LogP contribution in [0.2, 0.25) is 0 Å². The summed E-state index contributed by atoms with van der Waals surface area (Å²) < 4.78 is 15.2. The van der Waals surface area contributed by atoms with Gasteiger partial charge in [0.05, 0.1) is 17.0 Å². The topological polar surface area (TPSA) is 55.4 Å². The maximum Gasteiger partial charge on any atom is 0.276 e. The van der Waals surface area contributed by atoms with Crippen LogP contribution in [0, 0.1) is 15.3 Å². The van der Waals surface area contributed by atoms with Crippen LogP contribution >= 0.6 is 33.9 Å². The lowest BCUT2D eigenvalue weighted by atomic mass is 9.94. The molecule has 1 fully saturated rings. The van der Waals surface area contributed by atoms with Crippen molar-refractivity contribution < 1.29 is 18.8 Å². The molecule has 1 N–H and O–H groups in total. The number of hydrogen-bond donors (Lipinski definition) is 1. The molecule has 0 spiro atoms. The largest absolute Gasteiger partial charge is 0.294 e. The minimum absolute atomic E-state index is 0.0188. The maximum absolute atomic E-state index is 14.4. The van der Waals surface area contributed by atoms with E-state index in [0.717, 1.165) is 16.4 Å². The van der Waals surface area contributed by atoms with E-state index < -0.39 is 0 Å². The quantitative estimate of drug-likeness (QED) is 0.288. The lowest BCUT2D eigenvalue weighted by molar-refractivity contribution is 0.0269. The van der Waals surface area contributed by atoms with E-state index >= 15 is 0 Å². The van der Waals surface area contributed by atoms with Gasteiger partial charge in [-0.2, -0.15) is 0 Å². The van der Waals surface area contributed by atoms with Gasteiger partial charge in [-0.3, -0.25) is 14.4 Å². The standard InChI is InChI=1S/C21H23FINO3S/c1-11(2)18-19(21(26)24-27-10-13-4-5-13)17(28-20(18)12(3)25)8-14-6-7-15(23)9-16(14)22/h6-7,9,11,13H,4-5,8,10H2,1-3H3,(H,24,26). The number of ketones is 1. The van der Waals surface area contributed by atoms with E-state index in [4.69, 9.17) is 4.84 Å². The first-order valence-corrected chi connectivity index (χ1v) is 11.2. The number of Topliss-reactive ketones (excluding diaryl/α,β-unsaturated/α-hetero) is 1. The first-order valence-electron chi connectivity index (χ1n) is 9.30. The molecule has 28 heavy (non-hydrogen) atoms. The molecule has 0 unspecified atom stereocenters. The second-order valence-electron chi connectivity index (χ2n) is 7.45. The summed E-state index contributed by atoms with van der Waals surface area (Å²) in [5.74, 6) is -0.271. The van der Waals surface area contributed by atoms with E-state index in [-0.39, 0.29) is 29.8 Å². The van der Waals surface area contributed by atoms with Crippen molar-refractivity contribution in [2.45, 2.75) is 46.0 Å². The van der Waals surface area contributed by atoms with Gasteiger partial charge in [0.2, 0.25) is 0 Å². The first-order chi connectivity index (χ1) is 13.3. The number of benzene rings is 1. The minimum atomic E-state index is -0.367. The van der Waals surface area contributed by atoms with Crippen LogP contribution in [0.1, 0.15) is 75.6 Å². The smallest absolute Gasteiger partial charge is 0.276 e. The van der Waals surface area contributed by atoms with E-state index in [1.54, 1.807) is 6.07 Å². The highest BCUT2D eigenvalue weighted by atomic mass is 127. The number of amides is 1. The second-order valence-corrected chi connectivity index (χ2v) is 9.80. The summed E-state index contributed by atoms with van der Waals surface area (Å²) in [7, 11) is 0. The van der Waals surface area contributed by atoms with Gasteiger partial charge in [-0.15, -0.1) is 11.3 Å². The SMILES string of the molecule is CC(=O)c1sc(Cc2ccc(I)cc2F)c(C(=O)NOCC2CC2)c1C(C)C. The number of carbonyl (C=O) groups is 2. The van der Waals surface area contributed by atoms with Crippen molar-refractivity contribution in [2.75, 3.05) is 6.61 Å². The summed E-state index contributed by atoms with van der Waals surface area (Å²) in [6, 6.07) is 5.03. The van der Waals surface area contributed by atoms with E-state index in [9.17, 15) is 14.0 Å². The Hall–Kier alpha value is -1.32. The van der Waals surface area contributed by atoms with Gasteiger partial charge in [0.1, 0.15) is 5.82 Å². The van der Waals surface area contributed by atoms with Gasteiger partial charge in [-0.1, -0.05) is 19.9 Å². The molecule has 0 bridgehead atoms. The van der Waals surface area contributed by atoms with Crippen LogP contribution < -0.4 is 5.48 Å². The molecule has 3 rings (SSSR count). The normalized spacial score (nSPS) is 13.8. The van der Waals surface area contributed by atoms with Crippen LogP contribution in [0.4, 0.5) is 4.39 Å². The molecule has 7 heteroatoms. The van der Waals surface area contributed by atoms with Crippen molar-refractivity contribution >= 4 is 45.6 Å². The molecule has 1 saturated carbocycles. The van der Waals surface area contributed by atoms with Crippen LogP contribution in [0.3, 0.4) is 0 Å². The number of hydrogen-bond acceptors (Lipinski definition) is 4. The zero-order valence-electron chi connectivity index (χ0n) is 16.1. The number of carbonyl (C=O) groups excluding carboxylic acids is 2. The zero-order chi connectivity index (χ0) is 20.4. The van der Waals surface area contributed by atoms with Crippen LogP contribution in [0.5, 0.6) is 0 Å². The Morgan fingerprint density at radius 3 is 2.64 bits per heavy atom. The van der Waals surface area contributed by atoms with Crippen molar-refractivity contribution in [3.05, 3.63) is 54.0 Å². The molecule has 1 heterocycles. The van der Waals surface area contributed by atoms with E-state index in [0.29, 0.717) is 39.0 Å². The molecule has 150 valence electrons. The molecule has 2 aromatic rings. The molecule has 1 amide bonds. The predicted octanol–water partition coefficient (Wildman–Crippen LogP) is 5.48. The molecule has 1 aromatic heterocycles. The van der Waals surface area contributed by atoms with Crippen LogP contribution in [-0.4, -0.2) is 18.3 Å². The van der Waals surface area contributed by atoms with E-state index in [1.807, 2.05) is 19.9 Å². The average Bonchev–Trinajstić information content (AvgIpc) is 3.35. The third kappa shape index (κ3) is 4.99. The molecule has 0 saturated heterocycles. The Kier molecular flexibility index (Phi) is 6.88. The highest BCUT2D eigenvalue weighted by molar-refractivity contribution is 14.1. The Morgan fingerprint density at radius 1 is 1.36 bits per heavy atom. The fourth-order valence-corrected chi connectivity index (χ4v) is 4.90. The summed E-state index contributed by atoms with van der Waals surface area (Å²) in [5.41, 5.74) is 4.19. The van der Waals surface area contributed by atoms with Gasteiger partial charge < -0.3 is 0 Å². The van der Waals surface area contributed by atoms with Gasteiger partial charge in [-0.05, 0) is 77.5 Å². The van der Waals surface area contributed by atoms with Gasteiger partial charge >= 0.3 is 0 Å². The molecule has 1 aliphatic rings. The Labute approximate surface area is 182 Å². The van der Waals surface area contributed by atoms with Crippen molar-refractivity contribution in [3.63, 3.8) is 0 Å². The van der Waals surface area contributed by atoms with Gasteiger partial charge in [0, 0.05) is 14.9 Å². The molecular weight excluding hydrogens is 492 g/mol. The van der Waals surface area contributed by atoms with Crippen molar-refractivity contribution in [1.82, 2.24) is 5.48 Å². The predicted molar refractivity (Wildman–Crippen MR) is 116 cm³/mol. The molecule has 4 nitrogen and oxygen atoms in total. The summed E-state index contributed by atoms with van der Waals surface area (Å²) in [5, 5.41) is 0. The van der Waals surface area contributed by atoms with Gasteiger partial charge in [-0.25, -0.2) is 9.87 Å². The molecule has 1 aromatic carbocycles. The van der Waals surface area contributed by atoms with Crippen LogP contribution in [0.25, 0.3) is 0 Å². The molecule has 0 radical (unpaired) electrons.